The van der Waals surface area contributed by atoms with Gasteiger partial charge in [-0.3, -0.25) is 4.79 Å². The molecule has 124 valence electrons. The molecule has 0 aromatic carbocycles. The van der Waals surface area contributed by atoms with E-state index in [0.29, 0.717) is 0 Å². The maximum atomic E-state index is 11.5. The summed E-state index contributed by atoms with van der Waals surface area (Å²) in [4.78, 5) is 30.4. The summed E-state index contributed by atoms with van der Waals surface area (Å²) in [5.41, 5.74) is 3.21. The van der Waals surface area contributed by atoms with Crippen LogP contribution in [0.1, 0.15) is 18.2 Å². The van der Waals surface area contributed by atoms with Gasteiger partial charge in [0.15, 0.2) is 0 Å². The third kappa shape index (κ3) is 2.39. The quantitative estimate of drug-likeness (QED) is 0.681. The molecule has 4 heterocycles. The van der Waals surface area contributed by atoms with Crippen LogP contribution in [-0.2, 0) is 4.79 Å². The fourth-order valence-electron chi connectivity index (χ4n) is 3.36. The third-order valence-corrected chi connectivity index (χ3v) is 5.63. The highest BCUT2D eigenvalue weighted by atomic mass is 32.1. The van der Waals surface area contributed by atoms with Gasteiger partial charge in [0.25, 0.3) is 0 Å². The van der Waals surface area contributed by atoms with Gasteiger partial charge >= 0.3 is 0 Å². The number of carbonyl (C=O) groups excluding carboxylic acids is 1. The second-order valence-electron chi connectivity index (χ2n) is 6.23. The number of amides is 1. The van der Waals surface area contributed by atoms with Gasteiger partial charge in [0.2, 0.25) is 5.91 Å². The van der Waals surface area contributed by atoms with E-state index in [1.807, 2.05) is 11.8 Å². The number of aromatic nitrogens is 3. The van der Waals surface area contributed by atoms with Gasteiger partial charge in [-0.15, -0.1) is 11.3 Å². The molecule has 0 bridgehead atoms. The number of fused-ring (bicyclic) bond motifs is 3. The molecule has 0 radical (unpaired) electrons. The molecule has 0 atom stereocenters. The maximum absolute atomic E-state index is 11.5. The third-order valence-electron chi connectivity index (χ3n) is 4.56. The Bertz CT molecular complexity index is 943. The summed E-state index contributed by atoms with van der Waals surface area (Å²) in [6.07, 6.45) is 1.64. The summed E-state index contributed by atoms with van der Waals surface area (Å²) < 4.78 is 1.09. The van der Waals surface area contributed by atoms with E-state index in [1.54, 1.807) is 24.6 Å². The molecule has 4 rings (SSSR count). The van der Waals surface area contributed by atoms with Crippen molar-refractivity contribution in [2.45, 2.75) is 20.8 Å². The lowest BCUT2D eigenvalue weighted by Gasteiger charge is -2.34. The fourth-order valence-corrected chi connectivity index (χ4v) is 4.62. The number of nitrogens with zero attached hydrogens (tertiary/aromatic N) is 5. The van der Waals surface area contributed by atoms with Crippen LogP contribution in [0, 0.1) is 13.8 Å². The Labute approximate surface area is 144 Å². The Hall–Kier alpha value is -2.28. The Balaban J connectivity index is 1.80. The van der Waals surface area contributed by atoms with E-state index in [0.717, 1.165) is 58.1 Å². The van der Waals surface area contributed by atoms with Crippen LogP contribution in [0.25, 0.3) is 20.4 Å². The normalized spacial score (nSPS) is 15.5. The fraction of sp³-hybridized carbons (Fsp3) is 0.412. The van der Waals surface area contributed by atoms with E-state index >= 15 is 0 Å². The molecule has 3 aromatic rings. The van der Waals surface area contributed by atoms with E-state index in [2.05, 4.69) is 32.8 Å². The van der Waals surface area contributed by atoms with Crippen molar-refractivity contribution in [1.82, 2.24) is 19.9 Å². The smallest absolute Gasteiger partial charge is 0.219 e. The molecule has 1 aliphatic rings. The van der Waals surface area contributed by atoms with E-state index in [4.69, 9.17) is 0 Å². The number of pyridine rings is 1. The number of anilines is 1. The molecule has 7 heteroatoms. The maximum Gasteiger partial charge on any atom is 0.219 e. The molecule has 6 nitrogen and oxygen atoms in total. The molecule has 1 aliphatic heterocycles. The second kappa shape index (κ2) is 5.66. The van der Waals surface area contributed by atoms with Gasteiger partial charge in [-0.2, -0.15) is 0 Å². The van der Waals surface area contributed by atoms with Crippen LogP contribution in [0.3, 0.4) is 0 Å². The van der Waals surface area contributed by atoms with E-state index < -0.39 is 0 Å². The summed E-state index contributed by atoms with van der Waals surface area (Å²) in [7, 11) is 0. The summed E-state index contributed by atoms with van der Waals surface area (Å²) in [6, 6.07) is 2.10. The van der Waals surface area contributed by atoms with Crippen molar-refractivity contribution in [2.75, 3.05) is 31.1 Å². The lowest BCUT2D eigenvalue weighted by molar-refractivity contribution is -0.129. The zero-order valence-corrected chi connectivity index (χ0v) is 14.9. The van der Waals surface area contributed by atoms with Crippen molar-refractivity contribution < 1.29 is 4.79 Å². The highest BCUT2D eigenvalue weighted by molar-refractivity contribution is 7.26. The molecule has 1 fully saturated rings. The largest absolute Gasteiger partial charge is 0.352 e. The lowest BCUT2D eigenvalue weighted by atomic mass is 10.1. The summed E-state index contributed by atoms with van der Waals surface area (Å²) in [5, 5.41) is 1.13. The molecule has 1 saturated heterocycles. The highest BCUT2D eigenvalue weighted by Crippen LogP contribution is 2.38. The molecular formula is C17H19N5OS. The van der Waals surface area contributed by atoms with Gasteiger partial charge in [0.05, 0.1) is 10.2 Å². The van der Waals surface area contributed by atoms with Gasteiger partial charge in [0.1, 0.15) is 17.0 Å². The average molecular weight is 341 g/mol. The zero-order chi connectivity index (χ0) is 16.8. The monoisotopic (exact) mass is 341 g/mol. The van der Waals surface area contributed by atoms with Crippen molar-refractivity contribution in [2.24, 2.45) is 0 Å². The number of hydrogen-bond donors (Lipinski definition) is 0. The average Bonchev–Trinajstić information content (AvgIpc) is 2.93. The highest BCUT2D eigenvalue weighted by Gasteiger charge is 2.23. The Morgan fingerprint density at radius 2 is 1.92 bits per heavy atom. The minimum atomic E-state index is 0.139. The van der Waals surface area contributed by atoms with Crippen molar-refractivity contribution in [3.8, 4) is 0 Å². The standard InChI is InChI=1S/C17H19N5OS/c1-10-8-11(2)20-17-13(10)14-15(24-17)16(19-9-18-14)22-6-4-21(5-7-22)12(3)23/h8-9H,4-7H2,1-3H3. The van der Waals surface area contributed by atoms with Crippen LogP contribution in [0.5, 0.6) is 0 Å². The van der Waals surface area contributed by atoms with Gasteiger partial charge in [0, 0.05) is 44.2 Å². The van der Waals surface area contributed by atoms with Crippen LogP contribution in [0.4, 0.5) is 5.82 Å². The molecular weight excluding hydrogens is 322 g/mol. The number of thiophene rings is 1. The first-order valence-electron chi connectivity index (χ1n) is 8.06. The molecule has 0 spiro atoms. The molecule has 0 N–H and O–H groups in total. The van der Waals surface area contributed by atoms with E-state index in [9.17, 15) is 4.79 Å². The summed E-state index contributed by atoms with van der Waals surface area (Å²) in [6.45, 7) is 8.82. The Morgan fingerprint density at radius 1 is 1.17 bits per heavy atom. The number of aryl methyl sites for hydroxylation is 2. The van der Waals surface area contributed by atoms with Crippen LogP contribution < -0.4 is 4.90 Å². The van der Waals surface area contributed by atoms with Crippen LogP contribution in [-0.4, -0.2) is 51.9 Å². The molecule has 0 unspecified atom stereocenters. The minimum Gasteiger partial charge on any atom is -0.352 e. The van der Waals surface area contributed by atoms with Crippen LogP contribution >= 0.6 is 11.3 Å². The predicted molar refractivity (Wildman–Crippen MR) is 96.7 cm³/mol. The zero-order valence-electron chi connectivity index (χ0n) is 14.0. The Morgan fingerprint density at radius 3 is 2.62 bits per heavy atom. The summed E-state index contributed by atoms with van der Waals surface area (Å²) in [5.74, 6) is 1.10. The molecule has 1 amide bonds. The first kappa shape index (κ1) is 15.3. The molecule has 24 heavy (non-hydrogen) atoms. The van der Waals surface area contributed by atoms with Gasteiger partial charge in [-0.1, -0.05) is 0 Å². The number of piperazine rings is 1. The van der Waals surface area contributed by atoms with Crippen molar-refractivity contribution in [3.05, 3.63) is 23.7 Å². The van der Waals surface area contributed by atoms with Crippen molar-refractivity contribution in [3.63, 3.8) is 0 Å². The van der Waals surface area contributed by atoms with Crippen molar-refractivity contribution in [1.29, 1.82) is 0 Å². The number of rotatable bonds is 1. The van der Waals surface area contributed by atoms with Crippen molar-refractivity contribution >= 4 is 43.5 Å². The molecule has 0 saturated carbocycles. The second-order valence-corrected chi connectivity index (χ2v) is 7.23. The topological polar surface area (TPSA) is 62.2 Å². The molecule has 3 aromatic heterocycles. The van der Waals surface area contributed by atoms with E-state index in [-0.39, 0.29) is 5.91 Å². The van der Waals surface area contributed by atoms with E-state index in [1.165, 1.54) is 5.56 Å². The molecule has 0 aliphatic carbocycles. The first-order valence-corrected chi connectivity index (χ1v) is 8.88. The first-order chi connectivity index (χ1) is 11.5. The summed E-state index contributed by atoms with van der Waals surface area (Å²) >= 11 is 1.66. The lowest BCUT2D eigenvalue weighted by Crippen LogP contribution is -2.48. The van der Waals surface area contributed by atoms with Crippen LogP contribution in [0.15, 0.2) is 12.4 Å². The number of carbonyl (C=O) groups is 1. The SMILES string of the molecule is CC(=O)N1CCN(c2ncnc3c2sc2nc(C)cc(C)c23)CC1. The minimum absolute atomic E-state index is 0.139. The van der Waals surface area contributed by atoms with Gasteiger partial charge < -0.3 is 9.80 Å². The van der Waals surface area contributed by atoms with Gasteiger partial charge in [-0.05, 0) is 25.5 Å². The number of hydrogen-bond acceptors (Lipinski definition) is 6. The van der Waals surface area contributed by atoms with Gasteiger partial charge in [-0.25, -0.2) is 15.0 Å². The Kier molecular flexibility index (Phi) is 3.60. The van der Waals surface area contributed by atoms with Crippen LogP contribution in [0.2, 0.25) is 0 Å². The predicted octanol–water partition coefficient (Wildman–Crippen LogP) is 2.52.